The van der Waals surface area contributed by atoms with E-state index in [1.54, 1.807) is 30.3 Å². The van der Waals surface area contributed by atoms with Crippen molar-refractivity contribution in [1.29, 1.82) is 0 Å². The molecular weight excluding hydrogens is 289 g/mol. The number of hydrogen-bond donors (Lipinski definition) is 1. The first kappa shape index (κ1) is 13.4. The first-order valence-corrected chi connectivity index (χ1v) is 7.31. The molecule has 0 aromatic heterocycles. The normalized spacial score (nSPS) is 12.3. The molecule has 5 heteroatoms. The second kappa shape index (κ2) is 5.74. The van der Waals surface area contributed by atoms with Crippen LogP contribution in [0.3, 0.4) is 0 Å². The first-order valence-electron chi connectivity index (χ1n) is 5.24. The molecule has 0 spiro atoms. The van der Waals surface area contributed by atoms with Gasteiger partial charge in [0.1, 0.15) is 0 Å². The van der Waals surface area contributed by atoms with E-state index in [2.05, 4.69) is 0 Å². The number of hydrogen-bond acceptors (Lipinski definition) is 2. The van der Waals surface area contributed by atoms with Gasteiger partial charge in [0.05, 0.1) is 21.4 Å². The summed E-state index contributed by atoms with van der Waals surface area (Å²) in [6.45, 7) is 0. The van der Waals surface area contributed by atoms with Crippen LogP contribution in [0.5, 0.6) is 0 Å². The van der Waals surface area contributed by atoms with E-state index in [0.717, 1.165) is 5.56 Å². The summed E-state index contributed by atoms with van der Waals surface area (Å²) in [6, 6.07) is 12.3. The van der Waals surface area contributed by atoms with E-state index in [9.17, 15) is 4.21 Å². The average Bonchev–Trinajstić information content (AvgIpc) is 2.32. The van der Waals surface area contributed by atoms with Gasteiger partial charge in [-0.25, -0.2) is 0 Å². The lowest BCUT2D eigenvalue weighted by atomic mass is 10.2. The van der Waals surface area contributed by atoms with E-state index >= 15 is 0 Å². The van der Waals surface area contributed by atoms with Crippen molar-refractivity contribution >= 4 is 39.7 Å². The van der Waals surface area contributed by atoms with Crippen molar-refractivity contribution in [3.05, 3.63) is 58.1 Å². The molecule has 2 aromatic rings. The number of rotatable bonds is 3. The average molecular weight is 300 g/mol. The third-order valence-corrected chi connectivity index (χ3v) is 4.37. The van der Waals surface area contributed by atoms with Gasteiger partial charge in [0, 0.05) is 15.7 Å². The van der Waals surface area contributed by atoms with E-state index in [4.69, 9.17) is 28.9 Å². The fraction of sp³-hybridized carbons (Fsp3) is 0.0769. The van der Waals surface area contributed by atoms with Crippen LogP contribution in [0.1, 0.15) is 5.56 Å². The van der Waals surface area contributed by atoms with E-state index in [1.807, 2.05) is 12.1 Å². The van der Waals surface area contributed by atoms with Crippen LogP contribution in [0, 0.1) is 0 Å². The van der Waals surface area contributed by atoms with Crippen LogP contribution in [-0.4, -0.2) is 4.21 Å². The van der Waals surface area contributed by atoms with E-state index in [1.165, 1.54) is 0 Å². The molecule has 0 radical (unpaired) electrons. The van der Waals surface area contributed by atoms with Crippen LogP contribution < -0.4 is 5.73 Å². The zero-order valence-corrected chi connectivity index (χ0v) is 11.7. The van der Waals surface area contributed by atoms with Crippen molar-refractivity contribution in [2.75, 3.05) is 5.73 Å². The summed E-state index contributed by atoms with van der Waals surface area (Å²) in [5, 5.41) is 1.20. The van der Waals surface area contributed by atoms with Crippen molar-refractivity contribution in [3.63, 3.8) is 0 Å². The molecule has 0 aliphatic heterocycles. The highest BCUT2D eigenvalue weighted by Gasteiger charge is 2.09. The third-order valence-electron chi connectivity index (χ3n) is 2.43. The fourth-order valence-corrected chi connectivity index (χ4v) is 3.04. The zero-order chi connectivity index (χ0) is 13.1. The molecule has 1 atom stereocenters. The van der Waals surface area contributed by atoms with E-state index < -0.39 is 10.8 Å². The topological polar surface area (TPSA) is 43.1 Å². The Morgan fingerprint density at radius 2 is 1.61 bits per heavy atom. The van der Waals surface area contributed by atoms with E-state index in [0.29, 0.717) is 26.4 Å². The Labute approximate surface area is 118 Å². The molecule has 0 fully saturated rings. The molecule has 2 aromatic carbocycles. The molecule has 0 aliphatic rings. The molecule has 94 valence electrons. The zero-order valence-electron chi connectivity index (χ0n) is 9.40. The molecule has 0 heterocycles. The molecule has 0 bridgehead atoms. The maximum absolute atomic E-state index is 12.2. The Hall–Kier alpha value is -1.03. The monoisotopic (exact) mass is 299 g/mol. The highest BCUT2D eigenvalue weighted by Crippen LogP contribution is 2.23. The molecule has 0 aliphatic carbocycles. The summed E-state index contributed by atoms with van der Waals surface area (Å²) < 4.78 is 12.2. The summed E-state index contributed by atoms with van der Waals surface area (Å²) in [5.74, 6) is 0.406. The van der Waals surface area contributed by atoms with Gasteiger partial charge in [0.15, 0.2) is 0 Å². The van der Waals surface area contributed by atoms with Crippen molar-refractivity contribution in [2.45, 2.75) is 10.6 Å². The van der Waals surface area contributed by atoms with Crippen LogP contribution in [0.15, 0.2) is 47.4 Å². The maximum Gasteiger partial charge on any atom is 0.0621 e. The van der Waals surface area contributed by atoms with Gasteiger partial charge in [-0.2, -0.15) is 0 Å². The second-order valence-electron chi connectivity index (χ2n) is 3.80. The van der Waals surface area contributed by atoms with Gasteiger partial charge in [-0.1, -0.05) is 35.3 Å². The van der Waals surface area contributed by atoms with Crippen molar-refractivity contribution in [2.24, 2.45) is 0 Å². The number of benzene rings is 2. The van der Waals surface area contributed by atoms with Crippen LogP contribution in [0.25, 0.3) is 0 Å². The predicted octanol–water partition coefficient (Wildman–Crippen LogP) is 3.88. The first-order chi connectivity index (χ1) is 8.56. The summed E-state index contributed by atoms with van der Waals surface area (Å²) in [5.41, 5.74) is 7.21. The maximum atomic E-state index is 12.2. The highest BCUT2D eigenvalue weighted by molar-refractivity contribution is 7.84. The Morgan fingerprint density at radius 3 is 2.22 bits per heavy atom. The lowest BCUT2D eigenvalue weighted by Gasteiger charge is -2.06. The highest BCUT2D eigenvalue weighted by atomic mass is 35.5. The van der Waals surface area contributed by atoms with Gasteiger partial charge < -0.3 is 5.73 Å². The molecule has 2 nitrogen and oxygen atoms in total. The van der Waals surface area contributed by atoms with Crippen molar-refractivity contribution < 1.29 is 4.21 Å². The molecule has 0 saturated carbocycles. The smallest absolute Gasteiger partial charge is 0.0621 e. The minimum Gasteiger partial charge on any atom is -0.398 e. The van der Waals surface area contributed by atoms with Crippen LogP contribution in [-0.2, 0) is 16.6 Å². The van der Waals surface area contributed by atoms with Gasteiger partial charge in [-0.05, 0) is 35.9 Å². The molecule has 0 saturated heterocycles. The minimum atomic E-state index is -1.19. The molecular formula is C13H11Cl2NOS. The predicted molar refractivity (Wildman–Crippen MR) is 77.4 cm³/mol. The Morgan fingerprint density at radius 1 is 1.00 bits per heavy atom. The number of anilines is 1. The summed E-state index contributed by atoms with van der Waals surface area (Å²) in [7, 11) is -1.19. The SMILES string of the molecule is Nc1cc(Cl)ccc1S(=O)Cc1ccc(Cl)cc1. The van der Waals surface area contributed by atoms with Crippen molar-refractivity contribution in [1.82, 2.24) is 0 Å². The Kier molecular flexibility index (Phi) is 4.27. The molecule has 1 unspecified atom stereocenters. The summed E-state index contributed by atoms with van der Waals surface area (Å²) in [4.78, 5) is 0.606. The number of nitrogens with two attached hydrogens (primary N) is 1. The molecule has 0 amide bonds. The largest absolute Gasteiger partial charge is 0.398 e. The quantitative estimate of drug-likeness (QED) is 0.874. The molecule has 2 rings (SSSR count). The van der Waals surface area contributed by atoms with Gasteiger partial charge in [-0.15, -0.1) is 0 Å². The second-order valence-corrected chi connectivity index (χ2v) is 6.09. The van der Waals surface area contributed by atoms with Gasteiger partial charge >= 0.3 is 0 Å². The minimum absolute atomic E-state index is 0.406. The molecule has 18 heavy (non-hydrogen) atoms. The van der Waals surface area contributed by atoms with Crippen molar-refractivity contribution in [3.8, 4) is 0 Å². The van der Waals surface area contributed by atoms with Crippen LogP contribution in [0.4, 0.5) is 5.69 Å². The van der Waals surface area contributed by atoms with Crippen LogP contribution >= 0.6 is 23.2 Å². The summed E-state index contributed by atoms with van der Waals surface area (Å²) in [6.07, 6.45) is 0. The third kappa shape index (κ3) is 3.25. The number of halogens is 2. The Balaban J connectivity index is 2.19. The fourth-order valence-electron chi connectivity index (χ4n) is 1.54. The van der Waals surface area contributed by atoms with E-state index in [-0.39, 0.29) is 0 Å². The lowest BCUT2D eigenvalue weighted by Crippen LogP contribution is -2.00. The number of nitrogen functional groups attached to an aromatic ring is 1. The Bertz CT molecular complexity index is 584. The standard InChI is InChI=1S/C13H11Cl2NOS/c14-10-3-1-9(2-4-10)8-18(17)13-6-5-11(15)7-12(13)16/h1-7H,8,16H2. The van der Waals surface area contributed by atoms with Gasteiger partial charge in [0.2, 0.25) is 0 Å². The van der Waals surface area contributed by atoms with Gasteiger partial charge in [0.25, 0.3) is 0 Å². The molecule has 2 N–H and O–H groups in total. The van der Waals surface area contributed by atoms with Gasteiger partial charge in [-0.3, -0.25) is 4.21 Å². The lowest BCUT2D eigenvalue weighted by molar-refractivity contribution is 0.683. The summed E-state index contributed by atoms with van der Waals surface area (Å²) >= 11 is 11.6. The van der Waals surface area contributed by atoms with Crippen LogP contribution in [0.2, 0.25) is 10.0 Å².